The van der Waals surface area contributed by atoms with Gasteiger partial charge in [-0.25, -0.2) is 13.6 Å². The largest absolute Gasteiger partial charge is 0.399 e. The molecule has 0 aliphatic carbocycles. The molecule has 0 aliphatic heterocycles. The van der Waals surface area contributed by atoms with Crippen LogP contribution in [-0.2, 0) is 10.0 Å². The molecule has 7 heteroatoms. The van der Waals surface area contributed by atoms with Crippen LogP contribution in [0.25, 0.3) is 0 Å². The van der Waals surface area contributed by atoms with Crippen LogP contribution < -0.4 is 16.2 Å². The van der Waals surface area contributed by atoms with Crippen molar-refractivity contribution >= 4 is 33.2 Å². The molecule has 0 radical (unpaired) electrons. The van der Waals surface area contributed by atoms with E-state index in [2.05, 4.69) is 5.32 Å². The van der Waals surface area contributed by atoms with Crippen LogP contribution in [0.3, 0.4) is 0 Å². The van der Waals surface area contributed by atoms with Crippen molar-refractivity contribution in [2.45, 2.75) is 17.9 Å². The minimum atomic E-state index is -3.72. The molecule has 1 aromatic carbocycles. The van der Waals surface area contributed by atoms with Crippen LogP contribution in [0.15, 0.2) is 23.1 Å². The van der Waals surface area contributed by atoms with Gasteiger partial charge in [-0.2, -0.15) is 11.8 Å². The molecule has 0 heterocycles. The highest BCUT2D eigenvalue weighted by atomic mass is 32.2. The first-order valence-electron chi connectivity index (χ1n) is 5.02. The Bertz CT molecular complexity index is 488. The molecule has 5 nitrogen and oxygen atoms in total. The topological polar surface area (TPSA) is 98.2 Å². The molecule has 17 heavy (non-hydrogen) atoms. The van der Waals surface area contributed by atoms with Gasteiger partial charge in [0.15, 0.2) is 0 Å². The second-order valence-electron chi connectivity index (χ2n) is 3.84. The van der Waals surface area contributed by atoms with Crippen molar-refractivity contribution in [2.24, 2.45) is 5.14 Å². The van der Waals surface area contributed by atoms with E-state index in [4.69, 9.17) is 10.9 Å². The molecule has 5 N–H and O–H groups in total. The molecule has 0 amide bonds. The third-order valence-corrected chi connectivity index (χ3v) is 3.81. The number of anilines is 2. The van der Waals surface area contributed by atoms with Crippen LogP contribution in [-0.4, -0.2) is 26.5 Å². The van der Waals surface area contributed by atoms with E-state index >= 15 is 0 Å². The number of hydrogen-bond acceptors (Lipinski definition) is 5. The number of primary sulfonamides is 1. The van der Waals surface area contributed by atoms with Gasteiger partial charge in [-0.15, -0.1) is 0 Å². The number of thioether (sulfide) groups is 1. The van der Waals surface area contributed by atoms with Gasteiger partial charge in [-0.1, -0.05) is 0 Å². The van der Waals surface area contributed by atoms with Crippen molar-refractivity contribution in [1.82, 2.24) is 0 Å². The molecule has 1 unspecified atom stereocenters. The monoisotopic (exact) mass is 275 g/mol. The van der Waals surface area contributed by atoms with Crippen molar-refractivity contribution in [1.29, 1.82) is 0 Å². The number of sulfonamides is 1. The molecule has 0 fully saturated rings. The maximum absolute atomic E-state index is 11.2. The molecule has 0 spiro atoms. The van der Waals surface area contributed by atoms with Gasteiger partial charge in [-0.3, -0.25) is 0 Å². The fourth-order valence-corrected chi connectivity index (χ4v) is 2.62. The third kappa shape index (κ3) is 4.45. The van der Waals surface area contributed by atoms with E-state index in [1.165, 1.54) is 12.1 Å². The van der Waals surface area contributed by atoms with Crippen molar-refractivity contribution in [3.8, 4) is 0 Å². The summed E-state index contributed by atoms with van der Waals surface area (Å²) in [5, 5.41) is 8.24. The quantitative estimate of drug-likeness (QED) is 0.698. The van der Waals surface area contributed by atoms with Crippen LogP contribution in [0.1, 0.15) is 6.92 Å². The fraction of sp³-hybridized carbons (Fsp3) is 0.400. The van der Waals surface area contributed by atoms with Gasteiger partial charge in [0.25, 0.3) is 0 Å². The van der Waals surface area contributed by atoms with Gasteiger partial charge in [0.05, 0.1) is 4.90 Å². The van der Waals surface area contributed by atoms with Gasteiger partial charge >= 0.3 is 0 Å². The molecule has 0 saturated carbocycles. The summed E-state index contributed by atoms with van der Waals surface area (Å²) in [6.07, 6.45) is 2.01. The molecular formula is C10H17N3O2S2. The molecule has 96 valence electrons. The lowest BCUT2D eigenvalue weighted by molar-refractivity contribution is 0.598. The summed E-state index contributed by atoms with van der Waals surface area (Å²) in [5.41, 5.74) is 6.67. The molecular weight excluding hydrogens is 258 g/mol. The van der Waals surface area contributed by atoms with E-state index in [0.29, 0.717) is 11.4 Å². The predicted molar refractivity (Wildman–Crippen MR) is 73.7 cm³/mol. The zero-order valence-electron chi connectivity index (χ0n) is 9.80. The number of benzene rings is 1. The Balaban J connectivity index is 2.98. The molecule has 0 bridgehead atoms. The number of rotatable bonds is 5. The molecule has 0 aliphatic rings. The SMILES string of the molecule is CSCC(C)Nc1cc(N)cc(S(N)(=O)=O)c1. The summed E-state index contributed by atoms with van der Waals surface area (Å²) >= 11 is 1.71. The standard InChI is InChI=1S/C10H17N3O2S2/c1-7(6-16-2)13-9-3-8(11)4-10(5-9)17(12,14)15/h3-5,7,13H,6,11H2,1-2H3,(H2,12,14,15). The maximum atomic E-state index is 11.2. The molecule has 1 atom stereocenters. The smallest absolute Gasteiger partial charge is 0.238 e. The van der Waals surface area contributed by atoms with Crippen molar-refractivity contribution in [2.75, 3.05) is 23.1 Å². The Morgan fingerprint density at radius 2 is 2.06 bits per heavy atom. The van der Waals surface area contributed by atoms with Gasteiger partial charge in [-0.05, 0) is 31.4 Å². The minimum Gasteiger partial charge on any atom is -0.399 e. The number of nitrogens with two attached hydrogens (primary N) is 2. The Kier molecular flexibility index (Phi) is 4.67. The maximum Gasteiger partial charge on any atom is 0.238 e. The van der Waals surface area contributed by atoms with E-state index in [1.54, 1.807) is 17.8 Å². The van der Waals surface area contributed by atoms with Crippen LogP contribution in [0, 0.1) is 0 Å². The van der Waals surface area contributed by atoms with E-state index in [9.17, 15) is 8.42 Å². The van der Waals surface area contributed by atoms with Crippen molar-refractivity contribution < 1.29 is 8.42 Å². The Labute approximate surface area is 106 Å². The van der Waals surface area contributed by atoms with Crippen molar-refractivity contribution in [3.63, 3.8) is 0 Å². The van der Waals surface area contributed by atoms with E-state index < -0.39 is 10.0 Å². The highest BCUT2D eigenvalue weighted by Gasteiger charge is 2.11. The molecule has 1 aromatic rings. The van der Waals surface area contributed by atoms with Crippen LogP contribution in [0.4, 0.5) is 11.4 Å². The molecule has 0 saturated heterocycles. The van der Waals surface area contributed by atoms with Gasteiger partial charge in [0.2, 0.25) is 10.0 Å². The van der Waals surface area contributed by atoms with Crippen LogP contribution >= 0.6 is 11.8 Å². The molecule has 1 rings (SSSR count). The average molecular weight is 275 g/mol. The van der Waals surface area contributed by atoms with E-state index in [0.717, 1.165) is 5.75 Å². The van der Waals surface area contributed by atoms with Crippen molar-refractivity contribution in [3.05, 3.63) is 18.2 Å². The van der Waals surface area contributed by atoms with E-state index in [-0.39, 0.29) is 10.9 Å². The van der Waals surface area contributed by atoms with Crippen LogP contribution in [0.2, 0.25) is 0 Å². The highest BCUT2D eigenvalue weighted by molar-refractivity contribution is 7.98. The summed E-state index contributed by atoms with van der Waals surface area (Å²) in [4.78, 5) is 0.0244. The lowest BCUT2D eigenvalue weighted by Crippen LogP contribution is -2.19. The first kappa shape index (κ1) is 14.1. The van der Waals surface area contributed by atoms with E-state index in [1.807, 2.05) is 13.2 Å². The lowest BCUT2D eigenvalue weighted by atomic mass is 10.2. The second kappa shape index (κ2) is 5.61. The highest BCUT2D eigenvalue weighted by Crippen LogP contribution is 2.20. The Morgan fingerprint density at radius 1 is 1.41 bits per heavy atom. The Hall–Kier alpha value is -0.920. The minimum absolute atomic E-state index is 0.0244. The summed E-state index contributed by atoms with van der Waals surface area (Å²) in [6, 6.07) is 4.74. The zero-order valence-corrected chi connectivity index (χ0v) is 11.4. The normalized spacial score (nSPS) is 13.4. The summed E-state index contributed by atoms with van der Waals surface area (Å²) in [5.74, 6) is 0.916. The molecule has 0 aromatic heterocycles. The first-order valence-corrected chi connectivity index (χ1v) is 7.96. The third-order valence-electron chi connectivity index (χ3n) is 2.09. The van der Waals surface area contributed by atoms with Gasteiger partial charge < -0.3 is 11.1 Å². The lowest BCUT2D eigenvalue weighted by Gasteiger charge is -2.15. The first-order chi connectivity index (χ1) is 7.82. The van der Waals surface area contributed by atoms with Gasteiger partial charge in [0.1, 0.15) is 0 Å². The summed E-state index contributed by atoms with van der Waals surface area (Å²) in [6.45, 7) is 2.01. The number of nitrogens with one attached hydrogen (secondary N) is 1. The predicted octanol–water partition coefficient (Wildman–Crippen LogP) is 1.08. The average Bonchev–Trinajstić information content (AvgIpc) is 2.15. The Morgan fingerprint density at radius 3 is 2.59 bits per heavy atom. The van der Waals surface area contributed by atoms with Crippen LogP contribution in [0.5, 0.6) is 0 Å². The fourth-order valence-electron chi connectivity index (χ4n) is 1.45. The summed E-state index contributed by atoms with van der Waals surface area (Å²) < 4.78 is 22.5. The second-order valence-corrected chi connectivity index (χ2v) is 6.31. The number of hydrogen-bond donors (Lipinski definition) is 3. The number of nitrogen functional groups attached to an aromatic ring is 1. The summed E-state index contributed by atoms with van der Waals surface area (Å²) in [7, 11) is -3.72. The van der Waals surface area contributed by atoms with Gasteiger partial charge in [0, 0.05) is 23.2 Å². The zero-order chi connectivity index (χ0) is 13.1.